The van der Waals surface area contributed by atoms with E-state index in [-0.39, 0.29) is 11.7 Å². The van der Waals surface area contributed by atoms with Gasteiger partial charge in [-0.2, -0.15) is 0 Å². The van der Waals surface area contributed by atoms with Crippen molar-refractivity contribution in [2.45, 2.75) is 32.7 Å². The van der Waals surface area contributed by atoms with Crippen molar-refractivity contribution in [3.63, 3.8) is 0 Å². The summed E-state index contributed by atoms with van der Waals surface area (Å²) in [6.07, 6.45) is 1.86. The first kappa shape index (κ1) is 14.1. The third kappa shape index (κ3) is 4.09. The molecule has 0 saturated heterocycles. The van der Waals surface area contributed by atoms with Crippen molar-refractivity contribution in [2.75, 3.05) is 0 Å². The van der Waals surface area contributed by atoms with Crippen LogP contribution in [0.1, 0.15) is 38.3 Å². The average Bonchev–Trinajstić information content (AvgIpc) is 2.26. The maximum absolute atomic E-state index is 10.8. The Bertz CT molecular complexity index is 407. The van der Waals surface area contributed by atoms with Gasteiger partial charge in [-0.05, 0) is 46.3 Å². The van der Waals surface area contributed by atoms with E-state index in [1.54, 1.807) is 12.1 Å². The van der Waals surface area contributed by atoms with Crippen molar-refractivity contribution in [1.82, 2.24) is 0 Å². The predicted molar refractivity (Wildman–Crippen MR) is 71.8 cm³/mol. The molecule has 0 fully saturated rings. The molecule has 1 aromatic rings. The fraction of sp³-hybridized carbons (Fsp3) is 0.500. The van der Waals surface area contributed by atoms with E-state index in [9.17, 15) is 10.1 Å². The number of hydrogen-bond acceptors (Lipinski definition) is 3. The van der Waals surface area contributed by atoms with Crippen LogP contribution in [0.25, 0.3) is 0 Å². The number of nitro groups is 1. The average molecular weight is 301 g/mol. The molecule has 94 valence electrons. The van der Waals surface area contributed by atoms with Crippen LogP contribution < -0.4 is 5.73 Å². The number of nitrogens with two attached hydrogens (primary N) is 1. The zero-order valence-electron chi connectivity index (χ0n) is 10.0. The summed E-state index contributed by atoms with van der Waals surface area (Å²) in [5, 5.41) is 10.8. The Hall–Kier alpha value is -0.940. The molecule has 0 aliphatic carbocycles. The zero-order chi connectivity index (χ0) is 13.0. The van der Waals surface area contributed by atoms with Crippen molar-refractivity contribution in [3.8, 4) is 0 Å². The van der Waals surface area contributed by atoms with Gasteiger partial charge in [-0.1, -0.05) is 19.9 Å². The smallest absolute Gasteiger partial charge is 0.283 e. The fourth-order valence-corrected chi connectivity index (χ4v) is 1.97. The van der Waals surface area contributed by atoms with E-state index in [0.717, 1.165) is 18.4 Å². The largest absolute Gasteiger partial charge is 0.324 e. The van der Waals surface area contributed by atoms with Gasteiger partial charge in [0.2, 0.25) is 0 Å². The quantitative estimate of drug-likeness (QED) is 0.664. The molecule has 0 saturated carbocycles. The summed E-state index contributed by atoms with van der Waals surface area (Å²) in [6, 6.07) is 4.93. The molecule has 0 heterocycles. The minimum Gasteiger partial charge on any atom is -0.324 e. The lowest BCUT2D eigenvalue weighted by Gasteiger charge is -2.13. The first-order valence-corrected chi connectivity index (χ1v) is 6.40. The molecule has 0 aromatic heterocycles. The van der Waals surface area contributed by atoms with Crippen molar-refractivity contribution in [1.29, 1.82) is 0 Å². The highest BCUT2D eigenvalue weighted by Crippen LogP contribution is 2.29. The molecule has 0 spiro atoms. The maximum Gasteiger partial charge on any atom is 0.283 e. The van der Waals surface area contributed by atoms with Gasteiger partial charge in [0, 0.05) is 12.1 Å². The molecule has 0 aliphatic heterocycles. The Labute approximate surface area is 109 Å². The van der Waals surface area contributed by atoms with Gasteiger partial charge in [0.25, 0.3) is 5.69 Å². The Kier molecular flexibility index (Phi) is 5.08. The molecule has 0 unspecified atom stereocenters. The van der Waals surface area contributed by atoms with E-state index in [0.29, 0.717) is 10.4 Å². The highest BCUT2D eigenvalue weighted by molar-refractivity contribution is 9.10. The molecule has 1 atom stereocenters. The number of rotatable bonds is 5. The van der Waals surface area contributed by atoms with Crippen molar-refractivity contribution < 1.29 is 4.92 Å². The van der Waals surface area contributed by atoms with Gasteiger partial charge in [-0.3, -0.25) is 10.1 Å². The van der Waals surface area contributed by atoms with Crippen LogP contribution in [-0.2, 0) is 0 Å². The summed E-state index contributed by atoms with van der Waals surface area (Å²) < 4.78 is 0.488. The van der Waals surface area contributed by atoms with Crippen LogP contribution in [0, 0.1) is 16.0 Å². The molecule has 0 aliphatic rings. The second-order valence-electron chi connectivity index (χ2n) is 4.55. The SMILES string of the molecule is CC(C)CC[C@@H](N)c1ccc(Br)c([N+](=O)[O-])c1. The van der Waals surface area contributed by atoms with E-state index >= 15 is 0 Å². The van der Waals surface area contributed by atoms with Gasteiger partial charge >= 0.3 is 0 Å². The summed E-state index contributed by atoms with van der Waals surface area (Å²) in [6.45, 7) is 4.27. The number of nitro benzene ring substituents is 1. The Morgan fingerprint density at radius 2 is 2.06 bits per heavy atom. The number of halogens is 1. The molecule has 1 rings (SSSR count). The predicted octanol–water partition coefficient (Wildman–Crippen LogP) is 3.79. The summed E-state index contributed by atoms with van der Waals surface area (Å²) in [5.74, 6) is 0.589. The Morgan fingerprint density at radius 3 is 2.59 bits per heavy atom. The first-order valence-electron chi connectivity index (χ1n) is 5.61. The fourth-order valence-electron chi connectivity index (χ4n) is 1.58. The highest BCUT2D eigenvalue weighted by Gasteiger charge is 2.15. The molecule has 1 aromatic carbocycles. The van der Waals surface area contributed by atoms with Gasteiger partial charge in [0.05, 0.1) is 9.40 Å². The van der Waals surface area contributed by atoms with Crippen molar-refractivity contribution in [2.24, 2.45) is 11.7 Å². The summed E-state index contributed by atoms with van der Waals surface area (Å²) in [5.41, 5.74) is 6.92. The second kappa shape index (κ2) is 6.12. The summed E-state index contributed by atoms with van der Waals surface area (Å²) in [7, 11) is 0. The maximum atomic E-state index is 10.8. The molecule has 0 amide bonds. The minimum atomic E-state index is -0.400. The van der Waals surface area contributed by atoms with Crippen LogP contribution in [0.5, 0.6) is 0 Å². The molecule has 0 bridgehead atoms. The lowest BCUT2D eigenvalue weighted by Crippen LogP contribution is -2.11. The van der Waals surface area contributed by atoms with Gasteiger partial charge in [-0.15, -0.1) is 0 Å². The van der Waals surface area contributed by atoms with Crippen LogP contribution in [0.2, 0.25) is 0 Å². The lowest BCUT2D eigenvalue weighted by molar-refractivity contribution is -0.385. The van der Waals surface area contributed by atoms with E-state index in [4.69, 9.17) is 5.73 Å². The van der Waals surface area contributed by atoms with Crippen LogP contribution in [0.15, 0.2) is 22.7 Å². The number of benzene rings is 1. The Balaban J connectivity index is 2.84. The highest BCUT2D eigenvalue weighted by atomic mass is 79.9. The van der Waals surface area contributed by atoms with E-state index in [1.807, 2.05) is 6.07 Å². The molecule has 5 heteroatoms. The van der Waals surface area contributed by atoms with Crippen LogP contribution >= 0.6 is 15.9 Å². The molecule has 4 nitrogen and oxygen atoms in total. The number of hydrogen-bond donors (Lipinski definition) is 1. The molecular weight excluding hydrogens is 284 g/mol. The monoisotopic (exact) mass is 300 g/mol. The topological polar surface area (TPSA) is 69.2 Å². The van der Waals surface area contributed by atoms with Crippen molar-refractivity contribution >= 4 is 21.6 Å². The van der Waals surface area contributed by atoms with Gasteiger partial charge in [-0.25, -0.2) is 0 Å². The van der Waals surface area contributed by atoms with Gasteiger partial charge < -0.3 is 5.73 Å². The third-order valence-corrected chi connectivity index (χ3v) is 3.32. The van der Waals surface area contributed by atoms with Gasteiger partial charge in [0.1, 0.15) is 0 Å². The lowest BCUT2D eigenvalue weighted by atomic mass is 9.98. The molecule has 0 radical (unpaired) electrons. The van der Waals surface area contributed by atoms with Crippen LogP contribution in [0.3, 0.4) is 0 Å². The standard InChI is InChI=1S/C12H17BrN2O2/c1-8(2)3-6-11(14)9-4-5-10(13)12(7-9)15(16)17/h4-5,7-8,11H,3,6,14H2,1-2H3/t11-/m1/s1. The zero-order valence-corrected chi connectivity index (χ0v) is 11.6. The van der Waals surface area contributed by atoms with E-state index in [1.165, 1.54) is 0 Å². The van der Waals surface area contributed by atoms with E-state index < -0.39 is 4.92 Å². The summed E-state index contributed by atoms with van der Waals surface area (Å²) in [4.78, 5) is 10.4. The molecular formula is C12H17BrN2O2. The normalized spacial score (nSPS) is 12.8. The Morgan fingerprint density at radius 1 is 1.41 bits per heavy atom. The van der Waals surface area contributed by atoms with Gasteiger partial charge in [0.15, 0.2) is 0 Å². The third-order valence-electron chi connectivity index (χ3n) is 2.65. The second-order valence-corrected chi connectivity index (χ2v) is 5.40. The summed E-state index contributed by atoms with van der Waals surface area (Å²) >= 11 is 3.16. The molecule has 2 N–H and O–H groups in total. The van der Waals surface area contributed by atoms with Crippen LogP contribution in [-0.4, -0.2) is 4.92 Å². The van der Waals surface area contributed by atoms with E-state index in [2.05, 4.69) is 29.8 Å². The molecule has 17 heavy (non-hydrogen) atoms. The number of nitrogens with zero attached hydrogens (tertiary/aromatic N) is 1. The van der Waals surface area contributed by atoms with Crippen molar-refractivity contribution in [3.05, 3.63) is 38.3 Å². The minimum absolute atomic E-state index is 0.0718. The first-order chi connectivity index (χ1) is 7.91. The van der Waals surface area contributed by atoms with Crippen LogP contribution in [0.4, 0.5) is 5.69 Å².